The molecule has 0 radical (unpaired) electrons. The number of halogens is 2. The van der Waals surface area contributed by atoms with Crippen LogP contribution in [0.2, 0.25) is 5.02 Å². The number of nitrogens with zero attached hydrogens (tertiary/aromatic N) is 3. The Morgan fingerprint density at radius 3 is 2.76 bits per heavy atom. The topological polar surface area (TPSA) is 38.1 Å². The molecule has 6 heteroatoms. The lowest BCUT2D eigenvalue weighted by Gasteiger charge is -2.12. The van der Waals surface area contributed by atoms with Crippen LogP contribution in [0.15, 0.2) is 24.4 Å². The highest BCUT2D eigenvalue weighted by atomic mass is 35.5. The molecule has 0 unspecified atom stereocenters. The minimum absolute atomic E-state index is 0.00843. The molecule has 0 N–H and O–H groups in total. The lowest BCUT2D eigenvalue weighted by molar-refractivity contribution is 0.102. The van der Waals surface area contributed by atoms with Gasteiger partial charge in [-0.2, -0.15) is 5.10 Å². The molecular formula is C15H17ClFN3O. The summed E-state index contributed by atoms with van der Waals surface area (Å²) in [6.45, 7) is 2.98. The van der Waals surface area contributed by atoms with Crippen molar-refractivity contribution >= 4 is 17.4 Å². The molecule has 0 aliphatic heterocycles. The van der Waals surface area contributed by atoms with Gasteiger partial charge >= 0.3 is 0 Å². The predicted octanol–water partition coefficient (Wildman–Crippen LogP) is 2.78. The summed E-state index contributed by atoms with van der Waals surface area (Å²) >= 11 is 6.05. The van der Waals surface area contributed by atoms with Crippen molar-refractivity contribution in [1.82, 2.24) is 14.7 Å². The van der Waals surface area contributed by atoms with Crippen LogP contribution in [0.3, 0.4) is 0 Å². The molecule has 0 saturated carbocycles. The fraction of sp³-hybridized carbons (Fsp3) is 0.333. The van der Waals surface area contributed by atoms with Gasteiger partial charge in [0.05, 0.1) is 23.3 Å². The number of rotatable bonds is 5. The summed E-state index contributed by atoms with van der Waals surface area (Å²) in [6, 6.07) is 4.51. The standard InChI is InChI=1S/C15H17ClFN3O/c1-10-4-5-11(13(17)8-10)15(21)14-12(16)9-18-20(14)7-6-19(2)3/h4-5,8-9H,6-7H2,1-3H3. The van der Waals surface area contributed by atoms with E-state index in [1.807, 2.05) is 19.0 Å². The van der Waals surface area contributed by atoms with Gasteiger partial charge in [0.1, 0.15) is 11.5 Å². The van der Waals surface area contributed by atoms with Crippen LogP contribution in [0.25, 0.3) is 0 Å². The Hall–Kier alpha value is -1.72. The van der Waals surface area contributed by atoms with Crippen LogP contribution in [-0.4, -0.2) is 41.1 Å². The number of aryl methyl sites for hydroxylation is 1. The molecule has 2 rings (SSSR count). The Bertz CT molecular complexity index is 667. The van der Waals surface area contributed by atoms with E-state index in [0.29, 0.717) is 13.1 Å². The van der Waals surface area contributed by atoms with Crippen LogP contribution in [0.1, 0.15) is 21.6 Å². The quantitative estimate of drug-likeness (QED) is 0.797. The van der Waals surface area contributed by atoms with E-state index in [2.05, 4.69) is 5.10 Å². The number of hydrogen-bond donors (Lipinski definition) is 0. The Labute approximate surface area is 128 Å². The summed E-state index contributed by atoms with van der Waals surface area (Å²) in [5, 5.41) is 4.33. The summed E-state index contributed by atoms with van der Waals surface area (Å²) in [5.41, 5.74) is 0.992. The molecule has 112 valence electrons. The van der Waals surface area contributed by atoms with Gasteiger partial charge in [0, 0.05) is 6.54 Å². The molecule has 0 aliphatic carbocycles. The SMILES string of the molecule is Cc1ccc(C(=O)c2c(Cl)cnn2CCN(C)C)c(F)c1. The summed E-state index contributed by atoms with van der Waals surface area (Å²) in [5.74, 6) is -0.995. The summed E-state index contributed by atoms with van der Waals surface area (Å²) in [4.78, 5) is 14.5. The number of carbonyl (C=O) groups excluding carboxylic acids is 1. The van der Waals surface area contributed by atoms with Crippen molar-refractivity contribution in [2.45, 2.75) is 13.5 Å². The maximum atomic E-state index is 14.0. The second-order valence-corrected chi connectivity index (χ2v) is 5.59. The first-order chi connectivity index (χ1) is 9.90. The maximum Gasteiger partial charge on any atom is 0.215 e. The van der Waals surface area contributed by atoms with Gasteiger partial charge in [-0.1, -0.05) is 17.7 Å². The van der Waals surface area contributed by atoms with Gasteiger partial charge in [-0.15, -0.1) is 0 Å². The zero-order valence-corrected chi connectivity index (χ0v) is 13.0. The molecule has 1 heterocycles. The molecule has 0 fully saturated rings. The minimum Gasteiger partial charge on any atom is -0.308 e. The summed E-state index contributed by atoms with van der Waals surface area (Å²) in [7, 11) is 3.85. The smallest absolute Gasteiger partial charge is 0.215 e. The average Bonchev–Trinajstić information content (AvgIpc) is 2.77. The van der Waals surface area contributed by atoms with Crippen LogP contribution in [0.4, 0.5) is 4.39 Å². The van der Waals surface area contributed by atoms with E-state index in [-0.39, 0.29) is 16.3 Å². The van der Waals surface area contributed by atoms with Crippen molar-refractivity contribution in [1.29, 1.82) is 0 Å². The van der Waals surface area contributed by atoms with E-state index in [9.17, 15) is 9.18 Å². The van der Waals surface area contributed by atoms with Gasteiger partial charge in [0.15, 0.2) is 0 Å². The van der Waals surface area contributed by atoms with Gasteiger partial charge in [-0.3, -0.25) is 9.48 Å². The number of carbonyl (C=O) groups is 1. The third-order valence-electron chi connectivity index (χ3n) is 3.14. The number of aromatic nitrogens is 2. The largest absolute Gasteiger partial charge is 0.308 e. The third kappa shape index (κ3) is 3.49. The molecule has 0 aliphatic rings. The molecule has 1 aromatic carbocycles. The van der Waals surface area contributed by atoms with Gasteiger partial charge in [0.25, 0.3) is 0 Å². The van der Waals surface area contributed by atoms with Gasteiger partial charge < -0.3 is 4.90 Å². The maximum absolute atomic E-state index is 14.0. The average molecular weight is 310 g/mol. The van der Waals surface area contributed by atoms with Crippen LogP contribution in [-0.2, 0) is 6.54 Å². The number of benzene rings is 1. The lowest BCUT2D eigenvalue weighted by Crippen LogP contribution is -2.22. The van der Waals surface area contributed by atoms with Crippen molar-refractivity contribution < 1.29 is 9.18 Å². The fourth-order valence-corrected chi connectivity index (χ4v) is 2.21. The zero-order valence-electron chi connectivity index (χ0n) is 12.2. The minimum atomic E-state index is -0.545. The van der Waals surface area contributed by atoms with Crippen molar-refractivity contribution in [2.24, 2.45) is 0 Å². The second-order valence-electron chi connectivity index (χ2n) is 5.18. The molecule has 0 spiro atoms. The van der Waals surface area contributed by atoms with Crippen LogP contribution < -0.4 is 0 Å². The fourth-order valence-electron chi connectivity index (χ4n) is 1.98. The first-order valence-electron chi connectivity index (χ1n) is 6.57. The highest BCUT2D eigenvalue weighted by molar-refractivity contribution is 6.34. The Kier molecular flexibility index (Phi) is 4.75. The summed E-state index contributed by atoms with van der Waals surface area (Å²) < 4.78 is 15.5. The van der Waals surface area contributed by atoms with E-state index in [1.54, 1.807) is 13.0 Å². The van der Waals surface area contributed by atoms with Crippen molar-refractivity contribution in [3.8, 4) is 0 Å². The monoisotopic (exact) mass is 309 g/mol. The highest BCUT2D eigenvalue weighted by Crippen LogP contribution is 2.21. The van der Waals surface area contributed by atoms with Crippen LogP contribution >= 0.6 is 11.6 Å². The number of hydrogen-bond acceptors (Lipinski definition) is 3. The first kappa shape index (κ1) is 15.7. The van der Waals surface area contributed by atoms with Gasteiger partial charge in [0.2, 0.25) is 5.78 Å². The van der Waals surface area contributed by atoms with E-state index in [0.717, 1.165) is 5.56 Å². The lowest BCUT2D eigenvalue weighted by atomic mass is 10.1. The zero-order chi connectivity index (χ0) is 15.6. The number of ketones is 1. The van der Waals surface area contributed by atoms with E-state index >= 15 is 0 Å². The van der Waals surface area contributed by atoms with Crippen molar-refractivity contribution in [3.05, 3.63) is 52.1 Å². The Morgan fingerprint density at radius 1 is 1.43 bits per heavy atom. The first-order valence-corrected chi connectivity index (χ1v) is 6.95. The van der Waals surface area contributed by atoms with E-state index in [1.165, 1.54) is 23.0 Å². The summed E-state index contributed by atoms with van der Waals surface area (Å²) in [6.07, 6.45) is 1.41. The Morgan fingerprint density at radius 2 is 2.14 bits per heavy atom. The normalized spacial score (nSPS) is 11.1. The van der Waals surface area contributed by atoms with E-state index < -0.39 is 11.6 Å². The Balaban J connectivity index is 2.36. The molecule has 1 aromatic heterocycles. The third-order valence-corrected chi connectivity index (χ3v) is 3.41. The van der Waals surface area contributed by atoms with E-state index in [4.69, 9.17) is 11.6 Å². The molecule has 4 nitrogen and oxygen atoms in total. The molecule has 0 atom stereocenters. The molecule has 0 amide bonds. The van der Waals surface area contributed by atoms with Crippen LogP contribution in [0.5, 0.6) is 0 Å². The predicted molar refractivity (Wildman–Crippen MR) is 80.4 cm³/mol. The molecular weight excluding hydrogens is 293 g/mol. The van der Waals surface area contributed by atoms with Crippen molar-refractivity contribution in [3.63, 3.8) is 0 Å². The highest BCUT2D eigenvalue weighted by Gasteiger charge is 2.21. The second kappa shape index (κ2) is 6.37. The molecule has 2 aromatic rings. The van der Waals surface area contributed by atoms with Crippen LogP contribution in [0, 0.1) is 12.7 Å². The van der Waals surface area contributed by atoms with Gasteiger partial charge in [-0.05, 0) is 38.7 Å². The molecule has 21 heavy (non-hydrogen) atoms. The van der Waals surface area contributed by atoms with Crippen molar-refractivity contribution in [2.75, 3.05) is 20.6 Å². The molecule has 0 bridgehead atoms. The molecule has 0 saturated heterocycles. The van der Waals surface area contributed by atoms with Gasteiger partial charge in [-0.25, -0.2) is 4.39 Å². The number of likely N-dealkylation sites (N-methyl/N-ethyl adjacent to an activating group) is 1.